The molecule has 84 valence electrons. The Balaban J connectivity index is 3.06. The maximum atomic E-state index is 12.4. The van der Waals surface area contributed by atoms with E-state index in [1.807, 2.05) is 0 Å². The van der Waals surface area contributed by atoms with E-state index in [1.165, 1.54) is 6.07 Å². The maximum absolute atomic E-state index is 12.4. The highest BCUT2D eigenvalue weighted by Gasteiger charge is 2.30. The van der Waals surface area contributed by atoms with Crippen molar-refractivity contribution in [2.24, 2.45) is 5.73 Å². The van der Waals surface area contributed by atoms with Crippen LogP contribution in [0.3, 0.4) is 0 Å². The molecule has 0 saturated heterocycles. The number of hydrogen-bond acceptors (Lipinski definition) is 1. The van der Waals surface area contributed by atoms with Crippen LogP contribution in [0.1, 0.15) is 18.1 Å². The molecule has 15 heavy (non-hydrogen) atoms. The molecule has 0 spiro atoms. The minimum Gasteiger partial charge on any atom is -0.328 e. The van der Waals surface area contributed by atoms with Gasteiger partial charge in [-0.05, 0) is 37.1 Å². The van der Waals surface area contributed by atoms with Crippen molar-refractivity contribution < 1.29 is 13.2 Å². The molecule has 0 amide bonds. The van der Waals surface area contributed by atoms with Gasteiger partial charge in [0.05, 0.1) is 5.56 Å². The standard InChI is InChI=1S/C10H11ClF3N/c1-6(15)4-7-5-8(10(12,13)14)2-3-9(7)11/h2-3,5-6H,4,15H2,1H3/t6-/m0/s1. The lowest BCUT2D eigenvalue weighted by Gasteiger charge is -2.11. The van der Waals surface area contributed by atoms with Crippen molar-refractivity contribution in [2.75, 3.05) is 0 Å². The third kappa shape index (κ3) is 3.39. The molecule has 0 aliphatic carbocycles. The van der Waals surface area contributed by atoms with Crippen LogP contribution < -0.4 is 5.73 Å². The maximum Gasteiger partial charge on any atom is 0.416 e. The Hall–Kier alpha value is -0.740. The van der Waals surface area contributed by atoms with Crippen LogP contribution in [0.2, 0.25) is 5.02 Å². The van der Waals surface area contributed by atoms with Gasteiger partial charge in [-0.2, -0.15) is 13.2 Å². The molecule has 1 aromatic carbocycles. The van der Waals surface area contributed by atoms with Crippen LogP contribution in [-0.2, 0) is 12.6 Å². The highest BCUT2D eigenvalue weighted by Crippen LogP contribution is 2.31. The van der Waals surface area contributed by atoms with Gasteiger partial charge in [-0.1, -0.05) is 11.6 Å². The Labute approximate surface area is 91.0 Å². The van der Waals surface area contributed by atoms with Crippen LogP contribution >= 0.6 is 11.6 Å². The van der Waals surface area contributed by atoms with Gasteiger partial charge >= 0.3 is 6.18 Å². The average Bonchev–Trinajstić information content (AvgIpc) is 2.06. The van der Waals surface area contributed by atoms with Crippen LogP contribution in [0.4, 0.5) is 13.2 Å². The van der Waals surface area contributed by atoms with Gasteiger partial charge in [-0.15, -0.1) is 0 Å². The third-order valence-electron chi connectivity index (χ3n) is 1.91. The molecule has 0 aromatic heterocycles. The average molecular weight is 238 g/mol. The molecule has 0 aliphatic heterocycles. The summed E-state index contributed by atoms with van der Waals surface area (Å²) >= 11 is 5.77. The van der Waals surface area contributed by atoms with E-state index in [2.05, 4.69) is 0 Å². The fraction of sp³-hybridized carbons (Fsp3) is 0.400. The lowest BCUT2D eigenvalue weighted by atomic mass is 10.0. The zero-order chi connectivity index (χ0) is 11.6. The topological polar surface area (TPSA) is 26.0 Å². The van der Waals surface area contributed by atoms with Crippen molar-refractivity contribution in [1.29, 1.82) is 0 Å². The molecule has 0 aliphatic rings. The van der Waals surface area contributed by atoms with Crippen LogP contribution in [0.25, 0.3) is 0 Å². The van der Waals surface area contributed by atoms with E-state index in [0.717, 1.165) is 12.1 Å². The smallest absolute Gasteiger partial charge is 0.328 e. The largest absolute Gasteiger partial charge is 0.416 e. The summed E-state index contributed by atoms with van der Waals surface area (Å²) in [5.74, 6) is 0. The second-order valence-electron chi connectivity index (χ2n) is 3.49. The Kier molecular flexibility index (Phi) is 3.62. The van der Waals surface area contributed by atoms with Crippen molar-refractivity contribution in [3.8, 4) is 0 Å². The van der Waals surface area contributed by atoms with Gasteiger partial charge in [0.2, 0.25) is 0 Å². The molecule has 0 heterocycles. The van der Waals surface area contributed by atoms with Crippen molar-refractivity contribution in [3.05, 3.63) is 34.3 Å². The van der Waals surface area contributed by atoms with Crippen molar-refractivity contribution >= 4 is 11.6 Å². The minimum atomic E-state index is -4.34. The number of alkyl halides is 3. The van der Waals surface area contributed by atoms with E-state index in [1.54, 1.807) is 6.92 Å². The Morgan fingerprint density at radius 1 is 1.40 bits per heavy atom. The molecule has 0 radical (unpaired) electrons. The lowest BCUT2D eigenvalue weighted by molar-refractivity contribution is -0.137. The van der Waals surface area contributed by atoms with Gasteiger partial charge in [-0.3, -0.25) is 0 Å². The van der Waals surface area contributed by atoms with E-state index in [-0.39, 0.29) is 6.04 Å². The molecule has 1 nitrogen and oxygen atoms in total. The summed E-state index contributed by atoms with van der Waals surface area (Å²) in [6.07, 6.45) is -4.00. The predicted octanol–water partition coefficient (Wildman–Crippen LogP) is 3.25. The number of hydrogen-bond donors (Lipinski definition) is 1. The number of rotatable bonds is 2. The molecule has 0 unspecified atom stereocenters. The second-order valence-corrected chi connectivity index (χ2v) is 3.89. The predicted molar refractivity (Wildman–Crippen MR) is 53.8 cm³/mol. The summed E-state index contributed by atoms with van der Waals surface area (Å²) in [5, 5.41) is 0.320. The highest BCUT2D eigenvalue weighted by molar-refractivity contribution is 6.31. The summed E-state index contributed by atoms with van der Waals surface area (Å²) < 4.78 is 37.1. The molecular weight excluding hydrogens is 227 g/mol. The van der Waals surface area contributed by atoms with Gasteiger partial charge in [0.1, 0.15) is 0 Å². The SMILES string of the molecule is C[C@H](N)Cc1cc(C(F)(F)F)ccc1Cl. The van der Waals surface area contributed by atoms with E-state index < -0.39 is 11.7 Å². The number of nitrogens with two attached hydrogens (primary N) is 1. The monoisotopic (exact) mass is 237 g/mol. The van der Waals surface area contributed by atoms with E-state index >= 15 is 0 Å². The van der Waals surface area contributed by atoms with Crippen LogP contribution in [0.5, 0.6) is 0 Å². The molecule has 5 heteroatoms. The highest BCUT2D eigenvalue weighted by atomic mass is 35.5. The van der Waals surface area contributed by atoms with Crippen molar-refractivity contribution in [1.82, 2.24) is 0 Å². The van der Waals surface area contributed by atoms with Crippen molar-refractivity contribution in [2.45, 2.75) is 25.6 Å². The van der Waals surface area contributed by atoms with Gasteiger partial charge < -0.3 is 5.73 Å². The number of benzene rings is 1. The molecular formula is C10H11ClF3N. The van der Waals surface area contributed by atoms with Gasteiger partial charge in [0.25, 0.3) is 0 Å². The summed E-state index contributed by atoms with van der Waals surface area (Å²) in [5.41, 5.74) is 5.25. The van der Waals surface area contributed by atoms with Crippen LogP contribution in [-0.4, -0.2) is 6.04 Å². The molecule has 2 N–H and O–H groups in total. The minimum absolute atomic E-state index is 0.217. The Morgan fingerprint density at radius 2 is 2.00 bits per heavy atom. The molecule has 0 bridgehead atoms. The molecule has 0 saturated carbocycles. The van der Waals surface area contributed by atoms with E-state index in [4.69, 9.17) is 17.3 Å². The summed E-state index contributed by atoms with van der Waals surface area (Å²) in [7, 11) is 0. The normalized spacial score (nSPS) is 14.0. The number of halogens is 4. The zero-order valence-corrected chi connectivity index (χ0v) is 8.86. The van der Waals surface area contributed by atoms with Gasteiger partial charge in [0.15, 0.2) is 0 Å². The second kappa shape index (κ2) is 4.41. The van der Waals surface area contributed by atoms with E-state index in [0.29, 0.717) is 17.0 Å². The van der Waals surface area contributed by atoms with Gasteiger partial charge in [0, 0.05) is 11.1 Å². The lowest BCUT2D eigenvalue weighted by Crippen LogP contribution is -2.18. The molecule has 1 atom stereocenters. The van der Waals surface area contributed by atoms with Crippen LogP contribution in [0, 0.1) is 0 Å². The first-order valence-corrected chi connectivity index (χ1v) is 4.79. The van der Waals surface area contributed by atoms with Crippen LogP contribution in [0.15, 0.2) is 18.2 Å². The Morgan fingerprint density at radius 3 is 2.47 bits per heavy atom. The molecule has 1 rings (SSSR count). The third-order valence-corrected chi connectivity index (χ3v) is 2.28. The summed E-state index contributed by atoms with van der Waals surface area (Å²) in [6.45, 7) is 1.72. The fourth-order valence-corrected chi connectivity index (χ4v) is 1.45. The van der Waals surface area contributed by atoms with E-state index in [9.17, 15) is 13.2 Å². The summed E-state index contributed by atoms with van der Waals surface area (Å²) in [4.78, 5) is 0. The first kappa shape index (κ1) is 12.3. The summed E-state index contributed by atoms with van der Waals surface area (Å²) in [6, 6.07) is 3.05. The zero-order valence-electron chi connectivity index (χ0n) is 8.11. The Bertz CT molecular complexity index is 347. The van der Waals surface area contributed by atoms with Gasteiger partial charge in [-0.25, -0.2) is 0 Å². The molecule has 0 fully saturated rings. The first-order valence-electron chi connectivity index (χ1n) is 4.42. The first-order chi connectivity index (χ1) is 6.80. The molecule has 1 aromatic rings. The van der Waals surface area contributed by atoms with Crippen molar-refractivity contribution in [3.63, 3.8) is 0 Å². The fourth-order valence-electron chi connectivity index (χ4n) is 1.25. The quantitative estimate of drug-likeness (QED) is 0.840.